The largest absolute Gasteiger partial charge is 0.497 e. The van der Waals surface area contributed by atoms with Crippen molar-refractivity contribution < 1.29 is 19.4 Å². The summed E-state index contributed by atoms with van der Waals surface area (Å²) in [5.74, 6) is -0.246. The molecule has 0 atom stereocenters. The lowest BCUT2D eigenvalue weighted by molar-refractivity contribution is 0.0697. The maximum absolute atomic E-state index is 11.3. The summed E-state index contributed by atoms with van der Waals surface area (Å²) in [6, 6.07) is 5.48. The first-order chi connectivity index (χ1) is 9.17. The molecule has 1 aliphatic carbocycles. The molecular weight excluding hydrogens is 246 g/mol. The zero-order valence-electron chi connectivity index (χ0n) is 11.3. The molecule has 0 spiro atoms. The molecule has 1 fully saturated rings. The second-order valence-corrected chi connectivity index (χ2v) is 4.61. The lowest BCUT2D eigenvalue weighted by atomic mass is 10.1. The lowest BCUT2D eigenvalue weighted by Crippen LogP contribution is -2.30. The summed E-state index contributed by atoms with van der Waals surface area (Å²) in [5, 5.41) is 9.31. The number of ether oxygens (including phenoxy) is 2. The number of carboxylic acids is 1. The van der Waals surface area contributed by atoms with E-state index in [2.05, 4.69) is 4.90 Å². The van der Waals surface area contributed by atoms with Crippen LogP contribution in [0.2, 0.25) is 0 Å². The standard InChI is InChI=1S/C14H19NO4/c1-18-8-7-15(10-3-4-10)13-9-11(19-2)5-6-12(13)14(16)17/h5-6,9-10H,3-4,7-8H2,1-2H3,(H,16,17). The topological polar surface area (TPSA) is 59.0 Å². The van der Waals surface area contributed by atoms with E-state index in [0.29, 0.717) is 36.2 Å². The first-order valence-electron chi connectivity index (χ1n) is 6.34. The number of aromatic carboxylic acids is 1. The molecule has 0 aromatic heterocycles. The highest BCUT2D eigenvalue weighted by Crippen LogP contribution is 2.35. The van der Waals surface area contributed by atoms with E-state index in [-0.39, 0.29) is 0 Å². The van der Waals surface area contributed by atoms with E-state index in [9.17, 15) is 9.90 Å². The summed E-state index contributed by atoms with van der Waals surface area (Å²) < 4.78 is 10.3. The molecule has 0 heterocycles. The fraction of sp³-hybridized carbons (Fsp3) is 0.500. The number of carbonyl (C=O) groups is 1. The highest BCUT2D eigenvalue weighted by molar-refractivity contribution is 5.95. The van der Waals surface area contributed by atoms with E-state index < -0.39 is 5.97 Å². The minimum absolute atomic E-state index is 0.309. The molecule has 1 aromatic rings. The van der Waals surface area contributed by atoms with E-state index in [1.165, 1.54) is 0 Å². The van der Waals surface area contributed by atoms with Crippen molar-refractivity contribution in [3.8, 4) is 5.75 Å². The number of hydrogen-bond donors (Lipinski definition) is 1. The fourth-order valence-corrected chi connectivity index (χ4v) is 2.13. The van der Waals surface area contributed by atoms with E-state index >= 15 is 0 Å². The first kappa shape index (κ1) is 13.7. The van der Waals surface area contributed by atoms with Crippen LogP contribution in [0.4, 0.5) is 5.69 Å². The third-order valence-electron chi connectivity index (χ3n) is 3.27. The van der Waals surface area contributed by atoms with Crippen molar-refractivity contribution in [1.82, 2.24) is 0 Å². The molecule has 1 saturated carbocycles. The molecule has 0 saturated heterocycles. The Morgan fingerprint density at radius 3 is 2.68 bits per heavy atom. The highest BCUT2D eigenvalue weighted by Gasteiger charge is 2.31. The minimum atomic E-state index is -0.916. The van der Waals surface area contributed by atoms with Crippen molar-refractivity contribution in [2.45, 2.75) is 18.9 Å². The van der Waals surface area contributed by atoms with Gasteiger partial charge in [-0.2, -0.15) is 0 Å². The van der Waals surface area contributed by atoms with E-state index in [1.807, 2.05) is 0 Å². The molecule has 0 radical (unpaired) electrons. The molecule has 1 N–H and O–H groups in total. The predicted octanol–water partition coefficient (Wildman–Crippen LogP) is 2.01. The van der Waals surface area contributed by atoms with Crippen molar-refractivity contribution in [3.05, 3.63) is 23.8 Å². The van der Waals surface area contributed by atoms with Crippen LogP contribution in [0.15, 0.2) is 18.2 Å². The third kappa shape index (κ3) is 3.17. The van der Waals surface area contributed by atoms with Gasteiger partial charge in [0.05, 0.1) is 25.0 Å². The van der Waals surface area contributed by atoms with E-state index in [0.717, 1.165) is 12.8 Å². The smallest absolute Gasteiger partial charge is 0.337 e. The van der Waals surface area contributed by atoms with Crippen LogP contribution in [0, 0.1) is 0 Å². The molecule has 0 amide bonds. The summed E-state index contributed by atoms with van der Waals surface area (Å²) in [6.07, 6.45) is 2.19. The van der Waals surface area contributed by atoms with Crippen molar-refractivity contribution >= 4 is 11.7 Å². The molecular formula is C14H19NO4. The zero-order chi connectivity index (χ0) is 13.8. The van der Waals surface area contributed by atoms with Crippen LogP contribution < -0.4 is 9.64 Å². The van der Waals surface area contributed by atoms with Gasteiger partial charge in [-0.15, -0.1) is 0 Å². The van der Waals surface area contributed by atoms with Gasteiger partial charge in [0, 0.05) is 25.8 Å². The highest BCUT2D eigenvalue weighted by atomic mass is 16.5. The Labute approximate surface area is 112 Å². The first-order valence-corrected chi connectivity index (χ1v) is 6.34. The number of benzene rings is 1. The van der Waals surface area contributed by atoms with Crippen molar-refractivity contribution in [2.75, 3.05) is 32.3 Å². The molecule has 1 aromatic carbocycles. The summed E-state index contributed by atoms with van der Waals surface area (Å²) in [4.78, 5) is 13.5. The Morgan fingerprint density at radius 1 is 1.42 bits per heavy atom. The van der Waals surface area contributed by atoms with Gasteiger partial charge in [-0.05, 0) is 25.0 Å². The van der Waals surface area contributed by atoms with Gasteiger partial charge in [-0.25, -0.2) is 4.79 Å². The number of carboxylic acid groups (broad SMARTS) is 1. The van der Waals surface area contributed by atoms with Gasteiger partial charge < -0.3 is 19.5 Å². The van der Waals surface area contributed by atoms with Crippen LogP contribution in [0.5, 0.6) is 5.75 Å². The van der Waals surface area contributed by atoms with Crippen LogP contribution in [0.3, 0.4) is 0 Å². The maximum atomic E-state index is 11.3. The number of anilines is 1. The second kappa shape index (κ2) is 5.93. The molecule has 0 unspecified atom stereocenters. The minimum Gasteiger partial charge on any atom is -0.497 e. The molecule has 0 bridgehead atoms. The molecule has 0 aliphatic heterocycles. The SMILES string of the molecule is COCCN(c1cc(OC)ccc1C(=O)O)C1CC1. The van der Waals surface area contributed by atoms with Crippen molar-refractivity contribution in [3.63, 3.8) is 0 Å². The predicted molar refractivity (Wildman–Crippen MR) is 72.2 cm³/mol. The Balaban J connectivity index is 2.34. The van der Waals surface area contributed by atoms with Crippen LogP contribution in [-0.4, -0.2) is 44.5 Å². The molecule has 1 aliphatic rings. The van der Waals surface area contributed by atoms with Gasteiger partial charge in [0.15, 0.2) is 0 Å². The number of methoxy groups -OCH3 is 2. The van der Waals surface area contributed by atoms with E-state index in [4.69, 9.17) is 9.47 Å². The quantitative estimate of drug-likeness (QED) is 0.817. The summed E-state index contributed by atoms with van der Waals surface area (Å²) in [5.41, 5.74) is 1.02. The van der Waals surface area contributed by atoms with Crippen LogP contribution >= 0.6 is 0 Å². The van der Waals surface area contributed by atoms with Gasteiger partial charge in [-0.1, -0.05) is 0 Å². The maximum Gasteiger partial charge on any atom is 0.337 e. The van der Waals surface area contributed by atoms with Gasteiger partial charge >= 0.3 is 5.97 Å². The Hall–Kier alpha value is -1.75. The molecule has 104 valence electrons. The summed E-state index contributed by atoms with van der Waals surface area (Å²) >= 11 is 0. The summed E-state index contributed by atoms with van der Waals surface area (Å²) in [7, 11) is 3.23. The van der Waals surface area contributed by atoms with Gasteiger partial charge in [0.25, 0.3) is 0 Å². The average Bonchev–Trinajstić information content (AvgIpc) is 3.23. The number of rotatable bonds is 7. The molecule has 19 heavy (non-hydrogen) atoms. The van der Waals surface area contributed by atoms with Crippen molar-refractivity contribution in [2.24, 2.45) is 0 Å². The average molecular weight is 265 g/mol. The number of hydrogen-bond acceptors (Lipinski definition) is 4. The Kier molecular flexibility index (Phi) is 4.27. The third-order valence-corrected chi connectivity index (χ3v) is 3.27. The Bertz CT molecular complexity index is 457. The number of nitrogens with zero attached hydrogens (tertiary/aromatic N) is 1. The normalized spacial score (nSPS) is 14.2. The van der Waals surface area contributed by atoms with Crippen molar-refractivity contribution in [1.29, 1.82) is 0 Å². The summed E-state index contributed by atoms with van der Waals surface area (Å²) in [6.45, 7) is 1.27. The Morgan fingerprint density at radius 2 is 2.16 bits per heavy atom. The monoisotopic (exact) mass is 265 g/mol. The van der Waals surface area contributed by atoms with Crippen LogP contribution in [-0.2, 0) is 4.74 Å². The molecule has 5 nitrogen and oxygen atoms in total. The second-order valence-electron chi connectivity index (χ2n) is 4.61. The molecule has 2 rings (SSSR count). The van der Waals surface area contributed by atoms with Crippen LogP contribution in [0.1, 0.15) is 23.2 Å². The van der Waals surface area contributed by atoms with Gasteiger partial charge in [0.1, 0.15) is 5.75 Å². The zero-order valence-corrected chi connectivity index (χ0v) is 11.3. The van der Waals surface area contributed by atoms with Crippen LogP contribution in [0.25, 0.3) is 0 Å². The van der Waals surface area contributed by atoms with Gasteiger partial charge in [-0.3, -0.25) is 0 Å². The van der Waals surface area contributed by atoms with Gasteiger partial charge in [0.2, 0.25) is 0 Å². The fourth-order valence-electron chi connectivity index (χ4n) is 2.13. The van der Waals surface area contributed by atoms with E-state index in [1.54, 1.807) is 32.4 Å². The lowest BCUT2D eigenvalue weighted by Gasteiger charge is -2.26. The molecule has 5 heteroatoms.